The van der Waals surface area contributed by atoms with Crippen LogP contribution in [0.25, 0.3) is 0 Å². The number of hydrogen-bond acceptors (Lipinski definition) is 2. The Morgan fingerprint density at radius 1 is 1.31 bits per heavy atom. The standard InChI is InChI=1S/C12H13N2O.Na/c1-10-7-13-14(8-10)9-11-3-5-12(15-2)6-4-11;/h3-7H,9H2,1-2H3;. The summed E-state index contributed by atoms with van der Waals surface area (Å²) in [5.41, 5.74) is 2.54. The van der Waals surface area contributed by atoms with Gasteiger partial charge in [-0.15, -0.1) is 0 Å². The number of benzene rings is 1. The molecule has 0 unspecified atom stereocenters. The molecule has 1 heterocycles. The summed E-state index contributed by atoms with van der Waals surface area (Å²) < 4.78 is 8.56. The van der Waals surface area contributed by atoms with E-state index in [1.807, 2.05) is 18.3 Å². The molecule has 0 radical (unpaired) electrons. The number of ether oxygens (including phenoxy) is 1. The van der Waals surface area contributed by atoms with Gasteiger partial charge in [-0.25, -0.2) is 0 Å². The Hall–Kier alpha value is -0.770. The van der Waals surface area contributed by atoms with Crippen LogP contribution in [0.1, 0.15) is 11.1 Å². The summed E-state index contributed by atoms with van der Waals surface area (Å²) in [5.74, 6) is 0.895. The zero-order chi connectivity index (χ0) is 11.5. The third-order valence-electron chi connectivity index (χ3n) is 2.84. The van der Waals surface area contributed by atoms with Crippen LogP contribution >= 0.6 is 0 Å². The fourth-order valence-corrected chi connectivity index (χ4v) is 2.01. The van der Waals surface area contributed by atoms with Crippen molar-refractivity contribution in [2.75, 3.05) is 7.11 Å². The van der Waals surface area contributed by atoms with Crippen molar-refractivity contribution < 1.29 is 4.74 Å². The molecule has 1 aromatic heterocycles. The number of rotatable bonds is 3. The van der Waals surface area contributed by atoms with Gasteiger partial charge in [-0.2, -0.15) is 0 Å². The van der Waals surface area contributed by atoms with Crippen molar-refractivity contribution in [2.24, 2.45) is 0 Å². The van der Waals surface area contributed by atoms with Crippen LogP contribution in [0.5, 0.6) is 5.75 Å². The van der Waals surface area contributed by atoms with Crippen LogP contribution < -0.4 is 7.68 Å². The van der Waals surface area contributed by atoms with Crippen molar-refractivity contribution >= 4 is 30.9 Å². The molecule has 0 amide bonds. The van der Waals surface area contributed by atoms with Crippen LogP contribution in [0.2, 0.25) is 0 Å². The van der Waals surface area contributed by atoms with Gasteiger partial charge in [-0.05, 0) is 0 Å². The van der Waals surface area contributed by atoms with E-state index in [1.165, 1.54) is 14.1 Å². The molecule has 0 spiro atoms. The van der Waals surface area contributed by atoms with Gasteiger partial charge >= 0.3 is 113 Å². The van der Waals surface area contributed by atoms with Crippen LogP contribution in [-0.4, -0.2) is 44.8 Å². The average molecular weight is 224 g/mol. The SMILES string of the molecule is COc1ccc(Cn2ncc(C)[c]2[Na])cc1. The summed E-state index contributed by atoms with van der Waals surface area (Å²) >= 11 is 1.04. The zero-order valence-electron chi connectivity index (χ0n) is 9.90. The molecule has 0 aliphatic heterocycles. The summed E-state index contributed by atoms with van der Waals surface area (Å²) in [7, 11) is 1.68. The minimum absolute atomic E-state index is 0.844. The molecule has 2 rings (SSSR count). The van der Waals surface area contributed by atoms with Crippen molar-refractivity contribution in [1.29, 1.82) is 0 Å². The van der Waals surface area contributed by atoms with Crippen molar-refractivity contribution in [3.8, 4) is 5.75 Å². The second-order valence-corrected chi connectivity index (χ2v) is 4.87. The molecule has 0 bridgehead atoms. The van der Waals surface area contributed by atoms with E-state index in [-0.39, 0.29) is 0 Å². The van der Waals surface area contributed by atoms with E-state index in [0.29, 0.717) is 0 Å². The van der Waals surface area contributed by atoms with Gasteiger partial charge in [0.05, 0.1) is 0 Å². The summed E-state index contributed by atoms with van der Waals surface area (Å²) in [5, 5.41) is 4.37. The summed E-state index contributed by atoms with van der Waals surface area (Å²) in [6, 6.07) is 8.13. The molecule has 0 atom stereocenters. The molecule has 1 aromatic carbocycles. The normalized spacial score (nSPS) is 10.5. The molecule has 4 heteroatoms. The van der Waals surface area contributed by atoms with Crippen molar-refractivity contribution in [3.63, 3.8) is 0 Å². The van der Waals surface area contributed by atoms with Crippen LogP contribution in [0.4, 0.5) is 0 Å². The van der Waals surface area contributed by atoms with Gasteiger partial charge in [-0.1, -0.05) is 0 Å². The van der Waals surface area contributed by atoms with E-state index >= 15 is 0 Å². The fourth-order valence-electron chi connectivity index (χ4n) is 1.60. The first kappa shape index (κ1) is 11.7. The maximum atomic E-state index is 5.13. The van der Waals surface area contributed by atoms with Crippen LogP contribution in [0.15, 0.2) is 30.5 Å². The zero-order valence-corrected chi connectivity index (χ0v) is 11.9. The van der Waals surface area contributed by atoms with E-state index in [2.05, 4.69) is 28.8 Å². The number of nitrogens with zero attached hydrogens (tertiary/aromatic N) is 2. The monoisotopic (exact) mass is 224 g/mol. The quantitative estimate of drug-likeness (QED) is 0.728. The van der Waals surface area contributed by atoms with E-state index < -0.39 is 0 Å². The molecule has 0 saturated carbocycles. The van der Waals surface area contributed by atoms with Crippen molar-refractivity contribution in [2.45, 2.75) is 13.5 Å². The van der Waals surface area contributed by atoms with Gasteiger partial charge < -0.3 is 0 Å². The summed E-state index contributed by atoms with van der Waals surface area (Å²) in [6.07, 6.45) is 1.94. The van der Waals surface area contributed by atoms with Gasteiger partial charge in [-0.3, -0.25) is 0 Å². The third kappa shape index (κ3) is 2.48. The topological polar surface area (TPSA) is 27.1 Å². The predicted octanol–water partition coefficient (Wildman–Crippen LogP) is 1.04. The second kappa shape index (κ2) is 5.04. The van der Waals surface area contributed by atoms with Gasteiger partial charge in [0, 0.05) is 0 Å². The van der Waals surface area contributed by atoms with Crippen LogP contribution in [-0.2, 0) is 6.54 Å². The van der Waals surface area contributed by atoms with E-state index in [9.17, 15) is 0 Å². The third-order valence-corrected chi connectivity index (χ3v) is 4.14. The molecular formula is C12H13N2NaO. The molecule has 16 heavy (non-hydrogen) atoms. The van der Waals surface area contributed by atoms with Gasteiger partial charge in [0.25, 0.3) is 0 Å². The molecular weight excluding hydrogens is 211 g/mol. The van der Waals surface area contributed by atoms with Gasteiger partial charge in [0.15, 0.2) is 0 Å². The Bertz CT molecular complexity index is 476. The molecule has 0 N–H and O–H groups in total. The molecule has 0 aliphatic rings. The van der Waals surface area contributed by atoms with Crippen molar-refractivity contribution in [1.82, 2.24) is 9.78 Å². The first-order chi connectivity index (χ1) is 7.70. The molecule has 78 valence electrons. The Morgan fingerprint density at radius 2 is 2.00 bits per heavy atom. The number of hydrogen-bond donors (Lipinski definition) is 0. The Morgan fingerprint density at radius 3 is 2.50 bits per heavy atom. The fraction of sp³-hybridized carbons (Fsp3) is 0.250. The van der Waals surface area contributed by atoms with E-state index in [1.54, 1.807) is 7.11 Å². The molecule has 2 aromatic rings. The van der Waals surface area contributed by atoms with Gasteiger partial charge in [0.1, 0.15) is 0 Å². The summed E-state index contributed by atoms with van der Waals surface area (Å²) in [6.45, 7) is 2.95. The number of aryl methyl sites for hydroxylation is 1. The van der Waals surface area contributed by atoms with E-state index in [0.717, 1.165) is 40.2 Å². The van der Waals surface area contributed by atoms with Crippen molar-refractivity contribution in [3.05, 3.63) is 41.6 Å². The molecule has 3 nitrogen and oxygen atoms in total. The Balaban J connectivity index is 2.17. The average Bonchev–Trinajstić information content (AvgIpc) is 2.62. The minimum atomic E-state index is 0.844. The molecule has 0 fully saturated rings. The predicted molar refractivity (Wildman–Crippen MR) is 64.4 cm³/mol. The second-order valence-electron chi connectivity index (χ2n) is 3.92. The first-order valence-electron chi connectivity index (χ1n) is 5.32. The van der Waals surface area contributed by atoms with Gasteiger partial charge in [0.2, 0.25) is 0 Å². The molecule has 0 saturated heterocycles. The Labute approximate surface area is 113 Å². The number of aromatic nitrogens is 2. The molecule has 0 aliphatic carbocycles. The summed E-state index contributed by atoms with van der Waals surface area (Å²) in [4.78, 5) is 0. The van der Waals surface area contributed by atoms with Crippen LogP contribution in [0, 0.1) is 6.92 Å². The number of methoxy groups -OCH3 is 1. The van der Waals surface area contributed by atoms with E-state index in [4.69, 9.17) is 4.74 Å². The first-order valence-corrected chi connectivity index (χ1v) is 6.32. The maximum absolute atomic E-state index is 5.13. The Kier molecular flexibility index (Phi) is 3.69. The van der Waals surface area contributed by atoms with Crippen LogP contribution in [0.3, 0.4) is 0 Å².